The van der Waals surface area contributed by atoms with Crippen LogP contribution in [0.15, 0.2) is 57.8 Å². The van der Waals surface area contributed by atoms with Crippen LogP contribution in [0.25, 0.3) is 0 Å². The molecule has 1 saturated heterocycles. The Hall–Kier alpha value is -2.01. The molecule has 0 bridgehead atoms. The smallest absolute Gasteiger partial charge is 0.160 e. The Morgan fingerprint density at radius 3 is 2.94 bits per heavy atom. The Labute approximate surface area is 106 Å². The van der Waals surface area contributed by atoms with Crippen molar-refractivity contribution in [3.8, 4) is 0 Å². The number of azo groups is 1. The number of rotatable bonds is 2. The van der Waals surface area contributed by atoms with E-state index in [1.807, 2.05) is 55.9 Å². The second-order valence-corrected chi connectivity index (χ2v) is 4.39. The Morgan fingerprint density at radius 2 is 2.11 bits per heavy atom. The Kier molecular flexibility index (Phi) is 2.90. The predicted molar refractivity (Wildman–Crippen MR) is 70.6 cm³/mol. The number of likely N-dealkylation sites (N-methyl/N-ethyl adjacent to an activating group) is 1. The molecule has 92 valence electrons. The average molecular weight is 241 g/mol. The van der Waals surface area contributed by atoms with Crippen LogP contribution in [0.4, 0.5) is 5.69 Å². The van der Waals surface area contributed by atoms with Gasteiger partial charge in [0.15, 0.2) is 6.17 Å². The molecule has 0 N–H and O–H groups in total. The molecule has 0 spiro atoms. The van der Waals surface area contributed by atoms with E-state index in [1.54, 1.807) is 0 Å². The molecule has 0 aromatic heterocycles. The Balaban J connectivity index is 1.76. The van der Waals surface area contributed by atoms with Gasteiger partial charge in [0, 0.05) is 26.0 Å². The van der Waals surface area contributed by atoms with Gasteiger partial charge in [0.25, 0.3) is 0 Å². The highest BCUT2D eigenvalue weighted by atomic mass is 15.7. The first-order valence-electron chi connectivity index (χ1n) is 6.00. The zero-order valence-electron chi connectivity index (χ0n) is 10.2. The van der Waals surface area contributed by atoms with Gasteiger partial charge in [-0.15, -0.1) is 0 Å². The minimum atomic E-state index is 0.0486. The van der Waals surface area contributed by atoms with Gasteiger partial charge in [-0.2, -0.15) is 10.2 Å². The highest BCUT2D eigenvalue weighted by Crippen LogP contribution is 2.24. The standard InChI is InChI=1S/C13H15N5/c1-17-10-12(13-14-8-5-9-18(13)17)16-15-11-6-3-2-4-7-11/h2-9,12-13H,10H2,1H3. The molecule has 1 aromatic rings. The highest BCUT2D eigenvalue weighted by Gasteiger charge is 2.37. The first kappa shape index (κ1) is 11.1. The summed E-state index contributed by atoms with van der Waals surface area (Å²) < 4.78 is 0. The maximum absolute atomic E-state index is 4.45. The molecule has 2 unspecified atom stereocenters. The van der Waals surface area contributed by atoms with Gasteiger partial charge in [0.1, 0.15) is 6.04 Å². The number of allylic oxidation sites excluding steroid dienone is 1. The summed E-state index contributed by atoms with van der Waals surface area (Å²) in [7, 11) is 2.04. The van der Waals surface area contributed by atoms with Gasteiger partial charge >= 0.3 is 0 Å². The van der Waals surface area contributed by atoms with E-state index < -0.39 is 0 Å². The van der Waals surface area contributed by atoms with Crippen LogP contribution in [0.1, 0.15) is 0 Å². The van der Waals surface area contributed by atoms with E-state index in [-0.39, 0.29) is 12.2 Å². The van der Waals surface area contributed by atoms with E-state index in [9.17, 15) is 0 Å². The molecule has 1 fully saturated rings. The molecule has 0 saturated carbocycles. The summed E-state index contributed by atoms with van der Waals surface area (Å²) in [4.78, 5) is 4.45. The largest absolute Gasteiger partial charge is 0.287 e. The van der Waals surface area contributed by atoms with Crippen molar-refractivity contribution in [2.45, 2.75) is 12.2 Å². The molecule has 0 amide bonds. The number of hydrazine groups is 1. The molecule has 5 heteroatoms. The molecule has 2 atom stereocenters. The van der Waals surface area contributed by atoms with E-state index in [0.717, 1.165) is 12.2 Å². The number of benzene rings is 1. The van der Waals surface area contributed by atoms with Gasteiger partial charge in [-0.1, -0.05) is 18.2 Å². The van der Waals surface area contributed by atoms with Crippen LogP contribution in [0.3, 0.4) is 0 Å². The molecule has 1 aromatic carbocycles. The third-order valence-corrected chi connectivity index (χ3v) is 3.10. The van der Waals surface area contributed by atoms with Crippen molar-refractivity contribution < 1.29 is 0 Å². The maximum atomic E-state index is 4.45. The van der Waals surface area contributed by atoms with Crippen LogP contribution in [-0.2, 0) is 0 Å². The van der Waals surface area contributed by atoms with Crippen LogP contribution in [0.5, 0.6) is 0 Å². The van der Waals surface area contributed by atoms with Crippen molar-refractivity contribution in [2.75, 3.05) is 13.6 Å². The van der Waals surface area contributed by atoms with Crippen molar-refractivity contribution in [3.63, 3.8) is 0 Å². The normalized spacial score (nSPS) is 27.1. The molecule has 3 rings (SSSR count). The molecule has 2 heterocycles. The average Bonchev–Trinajstić information content (AvgIpc) is 2.75. The van der Waals surface area contributed by atoms with E-state index in [2.05, 4.69) is 25.2 Å². The summed E-state index contributed by atoms with van der Waals surface area (Å²) >= 11 is 0. The SMILES string of the molecule is CN1CC(N=Nc2ccccc2)C2N=CC=CN21. The van der Waals surface area contributed by atoms with Crippen LogP contribution in [0, 0.1) is 0 Å². The van der Waals surface area contributed by atoms with Crippen molar-refractivity contribution in [3.05, 3.63) is 42.6 Å². The lowest BCUT2D eigenvalue weighted by Crippen LogP contribution is -2.35. The zero-order valence-corrected chi connectivity index (χ0v) is 10.2. The van der Waals surface area contributed by atoms with Crippen LogP contribution in [-0.4, -0.2) is 42.0 Å². The zero-order chi connectivity index (χ0) is 12.4. The summed E-state index contributed by atoms with van der Waals surface area (Å²) in [5, 5.41) is 12.9. The number of nitrogens with zero attached hydrogens (tertiary/aromatic N) is 5. The number of aliphatic imine (C=N–C) groups is 1. The molecule has 0 aliphatic carbocycles. The van der Waals surface area contributed by atoms with Gasteiger partial charge in [0.05, 0.1) is 5.69 Å². The summed E-state index contributed by atoms with van der Waals surface area (Å²) in [5.41, 5.74) is 0.883. The van der Waals surface area contributed by atoms with E-state index in [1.165, 1.54) is 0 Å². The first-order chi connectivity index (χ1) is 8.84. The molecule has 2 aliphatic rings. The number of hydrogen-bond acceptors (Lipinski definition) is 5. The minimum absolute atomic E-state index is 0.0486. The predicted octanol–water partition coefficient (Wildman–Crippen LogP) is 2.23. The van der Waals surface area contributed by atoms with Crippen LogP contribution < -0.4 is 0 Å². The fourth-order valence-corrected chi connectivity index (χ4v) is 2.20. The van der Waals surface area contributed by atoms with Gasteiger partial charge in [-0.25, -0.2) is 5.01 Å². The topological polar surface area (TPSA) is 43.6 Å². The van der Waals surface area contributed by atoms with E-state index in [0.29, 0.717) is 0 Å². The van der Waals surface area contributed by atoms with Crippen LogP contribution >= 0.6 is 0 Å². The summed E-state index contributed by atoms with van der Waals surface area (Å²) in [6.45, 7) is 0.836. The minimum Gasteiger partial charge on any atom is -0.287 e. The fourth-order valence-electron chi connectivity index (χ4n) is 2.20. The molecular formula is C13H15N5. The molecule has 18 heavy (non-hydrogen) atoms. The third-order valence-electron chi connectivity index (χ3n) is 3.10. The molecule has 5 nitrogen and oxygen atoms in total. The molecule has 0 radical (unpaired) electrons. The third kappa shape index (κ3) is 2.04. The first-order valence-corrected chi connectivity index (χ1v) is 6.00. The summed E-state index contributed by atoms with van der Waals surface area (Å²) in [5.74, 6) is 0. The number of fused-ring (bicyclic) bond motifs is 1. The Morgan fingerprint density at radius 1 is 1.28 bits per heavy atom. The second-order valence-electron chi connectivity index (χ2n) is 4.39. The maximum Gasteiger partial charge on any atom is 0.160 e. The Bertz CT molecular complexity index is 493. The number of hydrogen-bond donors (Lipinski definition) is 0. The van der Waals surface area contributed by atoms with Crippen molar-refractivity contribution in [2.24, 2.45) is 15.2 Å². The lowest BCUT2D eigenvalue weighted by atomic mass is 10.2. The quantitative estimate of drug-likeness (QED) is 0.745. The monoisotopic (exact) mass is 241 g/mol. The van der Waals surface area contributed by atoms with Gasteiger partial charge in [-0.3, -0.25) is 10.0 Å². The molecular weight excluding hydrogens is 226 g/mol. The van der Waals surface area contributed by atoms with Crippen molar-refractivity contribution in [1.82, 2.24) is 10.0 Å². The van der Waals surface area contributed by atoms with Gasteiger partial charge in [0.2, 0.25) is 0 Å². The van der Waals surface area contributed by atoms with Crippen molar-refractivity contribution in [1.29, 1.82) is 0 Å². The summed E-state index contributed by atoms with van der Waals surface area (Å²) in [6.07, 6.45) is 5.83. The lowest BCUT2D eigenvalue weighted by molar-refractivity contribution is 0.0814. The van der Waals surface area contributed by atoms with Crippen LogP contribution in [0.2, 0.25) is 0 Å². The second kappa shape index (κ2) is 4.70. The van der Waals surface area contributed by atoms with E-state index in [4.69, 9.17) is 0 Å². The fraction of sp³-hybridized carbons (Fsp3) is 0.308. The highest BCUT2D eigenvalue weighted by molar-refractivity contribution is 5.72. The van der Waals surface area contributed by atoms with E-state index >= 15 is 0 Å². The van der Waals surface area contributed by atoms with Gasteiger partial charge in [-0.05, 0) is 18.2 Å². The van der Waals surface area contributed by atoms with Crippen molar-refractivity contribution >= 4 is 11.9 Å². The lowest BCUT2D eigenvalue weighted by Gasteiger charge is -2.27. The van der Waals surface area contributed by atoms with Gasteiger partial charge < -0.3 is 0 Å². The summed E-state index contributed by atoms with van der Waals surface area (Å²) in [6, 6.07) is 9.87. The molecule has 2 aliphatic heterocycles.